The van der Waals surface area contributed by atoms with Crippen LogP contribution in [0.1, 0.15) is 11.1 Å². The van der Waals surface area contributed by atoms with Crippen LogP contribution in [0.2, 0.25) is 0 Å². The maximum absolute atomic E-state index is 14.0. The number of nitrogen functional groups attached to an aromatic ring is 1. The lowest BCUT2D eigenvalue weighted by Crippen LogP contribution is -2.66. The molecule has 2 aliphatic heterocycles. The number of thiazole rings is 1. The molecule has 0 saturated carbocycles. The van der Waals surface area contributed by atoms with Gasteiger partial charge in [-0.05, 0) is 29.3 Å². The number of nitrogens with zero attached hydrogens (tertiary/aromatic N) is 7. The van der Waals surface area contributed by atoms with Crippen LogP contribution in [0.15, 0.2) is 42.5 Å². The first-order chi connectivity index (χ1) is 19.2. The molecule has 208 valence electrons. The van der Waals surface area contributed by atoms with Crippen molar-refractivity contribution in [2.75, 3.05) is 51.4 Å². The molecule has 4 amide bonds. The van der Waals surface area contributed by atoms with Crippen molar-refractivity contribution in [1.82, 2.24) is 30.1 Å². The third-order valence-electron chi connectivity index (χ3n) is 7.31. The Hall–Kier alpha value is -4.41. The summed E-state index contributed by atoms with van der Waals surface area (Å²) in [6.45, 7) is 0.0735. The van der Waals surface area contributed by atoms with Crippen LogP contribution in [-0.2, 0) is 22.6 Å². The van der Waals surface area contributed by atoms with Crippen molar-refractivity contribution >= 4 is 50.2 Å². The Balaban J connectivity index is 1.51. The first-order valence-corrected chi connectivity index (χ1v) is 13.7. The number of nitrogens with two attached hydrogens (primary N) is 1. The van der Waals surface area contributed by atoms with E-state index in [9.17, 15) is 19.6 Å². The number of hydrogen-bond acceptors (Lipinski definition) is 9. The number of benzene rings is 2. The normalized spacial score (nSPS) is 19.1. The van der Waals surface area contributed by atoms with Gasteiger partial charge in [-0.1, -0.05) is 35.6 Å². The summed E-state index contributed by atoms with van der Waals surface area (Å²) in [5.41, 5.74) is 9.49. The summed E-state index contributed by atoms with van der Waals surface area (Å²) in [5, 5.41) is 15.2. The number of hydrazine groups is 1. The van der Waals surface area contributed by atoms with Gasteiger partial charge in [-0.15, -0.1) is 0 Å². The monoisotopic (exact) mass is 561 g/mol. The number of anilines is 2. The Morgan fingerprint density at radius 3 is 2.65 bits per heavy atom. The third kappa shape index (κ3) is 4.99. The third-order valence-corrected chi connectivity index (χ3v) is 8.16. The fourth-order valence-corrected chi connectivity index (χ4v) is 6.16. The van der Waals surface area contributed by atoms with Crippen molar-refractivity contribution in [1.29, 1.82) is 5.26 Å². The van der Waals surface area contributed by atoms with Crippen LogP contribution in [-0.4, -0.2) is 95.6 Å². The highest BCUT2D eigenvalue weighted by Gasteiger charge is 2.52. The highest BCUT2D eigenvalue weighted by molar-refractivity contribution is 7.22. The SMILES string of the molecule is CNC(=O)N(CC#N)N1CC(=O)N2[C@@H](Cc3ccc(N(C)C)cc3)C(=O)N(Cc3cccc4sc(N)nc34)C[C@@H]21. The van der Waals surface area contributed by atoms with Gasteiger partial charge in [-0.2, -0.15) is 10.3 Å². The fourth-order valence-electron chi connectivity index (χ4n) is 5.38. The molecular weight excluding hydrogens is 530 g/mol. The van der Waals surface area contributed by atoms with E-state index in [0.717, 1.165) is 27.0 Å². The second kappa shape index (κ2) is 11.0. The number of fused-ring (bicyclic) bond motifs is 2. The van der Waals surface area contributed by atoms with E-state index in [4.69, 9.17) is 5.73 Å². The smallest absolute Gasteiger partial charge is 0.332 e. The van der Waals surface area contributed by atoms with Gasteiger partial charge in [-0.3, -0.25) is 9.59 Å². The molecule has 5 rings (SSSR count). The first kappa shape index (κ1) is 27.2. The number of piperazine rings is 1. The Kier molecular flexibility index (Phi) is 7.46. The second-order valence-electron chi connectivity index (χ2n) is 9.97. The van der Waals surface area contributed by atoms with Gasteiger partial charge in [0.2, 0.25) is 11.8 Å². The van der Waals surface area contributed by atoms with Gasteiger partial charge in [0.25, 0.3) is 0 Å². The van der Waals surface area contributed by atoms with Crippen molar-refractivity contribution in [3.8, 4) is 6.07 Å². The van der Waals surface area contributed by atoms with Crippen LogP contribution < -0.4 is 16.0 Å². The number of nitriles is 1. The predicted octanol–water partition coefficient (Wildman–Crippen LogP) is 1.45. The molecule has 3 aromatic rings. The Morgan fingerprint density at radius 1 is 1.23 bits per heavy atom. The van der Waals surface area contributed by atoms with Gasteiger partial charge in [0.15, 0.2) is 5.13 Å². The Morgan fingerprint density at radius 2 is 1.98 bits per heavy atom. The van der Waals surface area contributed by atoms with E-state index in [2.05, 4.69) is 10.3 Å². The number of hydrogen-bond donors (Lipinski definition) is 2. The zero-order valence-corrected chi connectivity index (χ0v) is 23.4. The summed E-state index contributed by atoms with van der Waals surface area (Å²) >= 11 is 1.38. The molecule has 2 saturated heterocycles. The molecule has 2 fully saturated rings. The van der Waals surface area contributed by atoms with Crippen LogP contribution in [0.4, 0.5) is 15.6 Å². The van der Waals surface area contributed by atoms with Crippen LogP contribution in [0.3, 0.4) is 0 Å². The summed E-state index contributed by atoms with van der Waals surface area (Å²) in [6, 6.07) is 14.4. The average molecular weight is 562 g/mol. The molecule has 1 aromatic heterocycles. The summed E-state index contributed by atoms with van der Waals surface area (Å²) in [4.78, 5) is 49.9. The molecule has 3 N–H and O–H groups in total. The van der Waals surface area contributed by atoms with Crippen LogP contribution in [0, 0.1) is 11.3 Å². The number of rotatable bonds is 7. The molecule has 2 atom stereocenters. The molecular formula is C27H31N9O3S. The maximum Gasteiger partial charge on any atom is 0.332 e. The van der Waals surface area contributed by atoms with Crippen molar-refractivity contribution < 1.29 is 14.4 Å². The molecule has 0 radical (unpaired) electrons. The first-order valence-electron chi connectivity index (χ1n) is 12.8. The van der Waals surface area contributed by atoms with Crippen molar-refractivity contribution in [2.45, 2.75) is 25.2 Å². The number of para-hydroxylation sites is 1. The maximum atomic E-state index is 14.0. The van der Waals surface area contributed by atoms with E-state index in [1.165, 1.54) is 23.4 Å². The molecule has 0 unspecified atom stereocenters. The Bertz CT molecular complexity index is 1480. The average Bonchev–Trinajstić information content (AvgIpc) is 3.48. The van der Waals surface area contributed by atoms with Gasteiger partial charge in [0, 0.05) is 39.8 Å². The summed E-state index contributed by atoms with van der Waals surface area (Å²) in [5.74, 6) is -0.454. The number of aromatic nitrogens is 1. The zero-order chi connectivity index (χ0) is 28.6. The van der Waals surface area contributed by atoms with E-state index < -0.39 is 18.2 Å². The Labute approximate surface area is 236 Å². The predicted molar refractivity (Wildman–Crippen MR) is 152 cm³/mol. The lowest BCUT2D eigenvalue weighted by molar-refractivity contribution is -0.157. The number of urea groups is 1. The van der Waals surface area contributed by atoms with Crippen molar-refractivity contribution in [3.05, 3.63) is 53.6 Å². The van der Waals surface area contributed by atoms with E-state index >= 15 is 0 Å². The lowest BCUT2D eigenvalue weighted by atomic mass is 9.99. The van der Waals surface area contributed by atoms with Gasteiger partial charge in [0.05, 0.1) is 29.4 Å². The number of carbonyl (C=O) groups is 3. The molecule has 3 heterocycles. The molecule has 0 spiro atoms. The molecule has 2 aromatic carbocycles. The highest BCUT2D eigenvalue weighted by Crippen LogP contribution is 2.32. The fraction of sp³-hybridized carbons (Fsp3) is 0.370. The second-order valence-corrected chi connectivity index (χ2v) is 11.0. The zero-order valence-electron chi connectivity index (χ0n) is 22.6. The lowest BCUT2D eigenvalue weighted by Gasteiger charge is -2.46. The van der Waals surface area contributed by atoms with Crippen molar-refractivity contribution in [2.24, 2.45) is 0 Å². The van der Waals surface area contributed by atoms with Gasteiger partial charge < -0.3 is 25.8 Å². The van der Waals surface area contributed by atoms with E-state index in [1.807, 2.05) is 67.5 Å². The standard InChI is InChI=1S/C27H31N9O3S/c1-30-27(39)34(12-11-28)35-16-23(37)36-20(13-17-7-9-19(10-8-17)32(2)3)25(38)33(15-22(35)36)14-18-5-4-6-21-24(18)31-26(29)40-21/h4-10,20,22H,12-16H2,1-3H3,(H2,29,31)(H,30,39)/t20-,22+/m0/s1. The van der Waals surface area contributed by atoms with Gasteiger partial charge >= 0.3 is 6.03 Å². The summed E-state index contributed by atoms with van der Waals surface area (Å²) in [7, 11) is 5.38. The molecule has 12 nitrogen and oxygen atoms in total. The van der Waals surface area contributed by atoms with Crippen LogP contribution in [0.5, 0.6) is 0 Å². The summed E-state index contributed by atoms with van der Waals surface area (Å²) in [6.07, 6.45) is -0.313. The molecule has 2 aliphatic rings. The van der Waals surface area contributed by atoms with Gasteiger partial charge in [0.1, 0.15) is 18.8 Å². The van der Waals surface area contributed by atoms with Crippen LogP contribution >= 0.6 is 11.3 Å². The molecule has 0 bridgehead atoms. The van der Waals surface area contributed by atoms with Crippen LogP contribution in [0.25, 0.3) is 10.2 Å². The quantitative estimate of drug-likeness (QED) is 0.413. The largest absolute Gasteiger partial charge is 0.378 e. The number of carbonyl (C=O) groups excluding carboxylic acids is 3. The molecule has 0 aliphatic carbocycles. The van der Waals surface area contributed by atoms with E-state index in [0.29, 0.717) is 11.6 Å². The topological polar surface area (TPSA) is 142 Å². The number of amides is 4. The van der Waals surface area contributed by atoms with E-state index in [1.54, 1.807) is 14.8 Å². The molecule has 40 heavy (non-hydrogen) atoms. The minimum Gasteiger partial charge on any atom is -0.378 e. The van der Waals surface area contributed by atoms with Gasteiger partial charge in [-0.25, -0.2) is 14.8 Å². The minimum atomic E-state index is -0.783. The number of nitrogens with one attached hydrogen (secondary N) is 1. The highest BCUT2D eigenvalue weighted by atomic mass is 32.1. The van der Waals surface area contributed by atoms with E-state index in [-0.39, 0.29) is 38.0 Å². The van der Waals surface area contributed by atoms with Crippen molar-refractivity contribution in [3.63, 3.8) is 0 Å². The minimum absolute atomic E-state index is 0.116. The molecule has 13 heteroatoms. The summed E-state index contributed by atoms with van der Waals surface area (Å²) < 4.78 is 0.927.